The van der Waals surface area contributed by atoms with Gasteiger partial charge in [0.1, 0.15) is 24.4 Å². The number of nitrogens with zero attached hydrogens (tertiary/aromatic N) is 4. The molecule has 0 spiro atoms. The number of hydrogen-bond acceptors (Lipinski definition) is 16. The van der Waals surface area contributed by atoms with Gasteiger partial charge in [0.2, 0.25) is 0 Å². The Bertz CT molecular complexity index is 1550. The summed E-state index contributed by atoms with van der Waals surface area (Å²) >= 11 is 0. The normalized spacial score (nSPS) is 28.0. The molecule has 0 aromatic carbocycles. The molecular formula is C45H79N4O12-. The highest BCUT2D eigenvalue weighted by atomic mass is 16.7. The molecule has 352 valence electrons. The van der Waals surface area contributed by atoms with E-state index in [0.29, 0.717) is 25.7 Å². The Balaban J connectivity index is 1.73. The van der Waals surface area contributed by atoms with Crippen LogP contribution in [0.25, 0.3) is 0 Å². The topological polar surface area (TPSA) is 191 Å². The molecule has 0 aromatic heterocycles. The quantitative estimate of drug-likeness (QED) is 0.149. The maximum absolute atomic E-state index is 14.8. The highest BCUT2D eigenvalue weighted by Crippen LogP contribution is 2.44. The van der Waals surface area contributed by atoms with Crippen molar-refractivity contribution in [1.82, 2.24) is 20.3 Å². The summed E-state index contributed by atoms with van der Waals surface area (Å²) in [4.78, 5) is 63.5. The maximum Gasteiger partial charge on any atom is 0.310 e. The summed E-state index contributed by atoms with van der Waals surface area (Å²) in [5.41, 5.74) is -5.90. The van der Waals surface area contributed by atoms with Crippen molar-refractivity contribution in [2.75, 3.05) is 7.11 Å². The third-order valence-corrected chi connectivity index (χ3v) is 13.5. The molecule has 4 heterocycles. The predicted molar refractivity (Wildman–Crippen MR) is 227 cm³/mol. The van der Waals surface area contributed by atoms with E-state index in [1.807, 2.05) is 88.1 Å². The first kappa shape index (κ1) is 51.2. The lowest BCUT2D eigenvalue weighted by Gasteiger charge is -2.59. The van der Waals surface area contributed by atoms with Crippen molar-refractivity contribution in [2.24, 2.45) is 11.8 Å². The van der Waals surface area contributed by atoms with E-state index >= 15 is 0 Å². The highest BCUT2D eigenvalue weighted by Gasteiger charge is 2.52. The third-order valence-electron chi connectivity index (χ3n) is 13.5. The van der Waals surface area contributed by atoms with Gasteiger partial charge in [0, 0.05) is 95.7 Å². The van der Waals surface area contributed by atoms with Gasteiger partial charge in [-0.25, -0.2) is 0 Å². The molecule has 0 bridgehead atoms. The largest absolute Gasteiger partial charge is 0.784 e. The van der Waals surface area contributed by atoms with E-state index in [4.69, 9.17) is 23.8 Å². The molecule has 16 heteroatoms. The van der Waals surface area contributed by atoms with Crippen LogP contribution in [-0.4, -0.2) is 130 Å². The van der Waals surface area contributed by atoms with Gasteiger partial charge in [0.25, 0.3) is 0 Å². The molecule has 0 amide bonds. The fourth-order valence-electron chi connectivity index (χ4n) is 11.6. The number of rotatable bonds is 12. The van der Waals surface area contributed by atoms with E-state index in [9.17, 15) is 34.8 Å². The molecule has 2 atom stereocenters. The van der Waals surface area contributed by atoms with Crippen LogP contribution in [0.2, 0.25) is 0 Å². The molecule has 0 aliphatic carbocycles. The zero-order valence-corrected chi connectivity index (χ0v) is 40.3. The molecular weight excluding hydrogens is 789 g/mol. The smallest absolute Gasteiger partial charge is 0.310 e. The van der Waals surface area contributed by atoms with E-state index in [-0.39, 0.29) is 25.7 Å². The third kappa shape index (κ3) is 11.6. The summed E-state index contributed by atoms with van der Waals surface area (Å²) in [5.74, 6) is -6.34. The van der Waals surface area contributed by atoms with Gasteiger partial charge in [0.05, 0.1) is 31.8 Å². The van der Waals surface area contributed by atoms with Crippen molar-refractivity contribution < 1.29 is 53.4 Å². The average Bonchev–Trinajstić information content (AvgIpc) is 3.04. The van der Waals surface area contributed by atoms with Crippen LogP contribution in [-0.2, 0) is 43.0 Å². The predicted octanol–water partition coefficient (Wildman–Crippen LogP) is 7.10. The van der Waals surface area contributed by atoms with Gasteiger partial charge in [-0.3, -0.25) is 19.2 Å². The van der Waals surface area contributed by atoms with Gasteiger partial charge in [-0.2, -0.15) is 15.2 Å². The molecule has 0 aromatic rings. The minimum Gasteiger partial charge on any atom is -0.784 e. The lowest BCUT2D eigenvalue weighted by atomic mass is 9.79. The highest BCUT2D eigenvalue weighted by molar-refractivity contribution is 5.88. The molecule has 16 nitrogen and oxygen atoms in total. The van der Waals surface area contributed by atoms with E-state index in [1.165, 1.54) is 10.1 Å². The summed E-state index contributed by atoms with van der Waals surface area (Å²) < 4.78 is 24.6. The van der Waals surface area contributed by atoms with Crippen molar-refractivity contribution >= 4 is 23.9 Å². The van der Waals surface area contributed by atoms with Crippen LogP contribution >= 0.6 is 0 Å². The van der Waals surface area contributed by atoms with Crippen molar-refractivity contribution in [1.29, 1.82) is 0 Å². The Labute approximate surface area is 364 Å². The summed E-state index contributed by atoms with van der Waals surface area (Å²) in [6, 6.07) is 0. The first-order valence-electron chi connectivity index (χ1n) is 22.1. The summed E-state index contributed by atoms with van der Waals surface area (Å²) in [6.45, 7) is 29.7. The number of hydroxylamine groups is 8. The zero-order valence-electron chi connectivity index (χ0n) is 40.3. The molecule has 0 saturated carbocycles. The van der Waals surface area contributed by atoms with E-state index in [0.717, 1.165) is 5.06 Å². The molecule has 2 N–H and O–H groups in total. The molecule has 4 saturated heterocycles. The van der Waals surface area contributed by atoms with Gasteiger partial charge in [-0.1, -0.05) is 0 Å². The molecule has 4 rings (SSSR count). The van der Waals surface area contributed by atoms with Crippen LogP contribution in [0.1, 0.15) is 175 Å². The van der Waals surface area contributed by atoms with E-state index < -0.39 is 117 Å². The second kappa shape index (κ2) is 17.5. The number of ether oxygens (including phenoxy) is 4. The molecule has 61 heavy (non-hydrogen) atoms. The minimum absolute atomic E-state index is 0.244. The molecule has 4 aliphatic rings. The number of carbonyl (C=O) groups excluding carboxylic acids is 4. The number of carbonyl (C=O) groups is 4. The average molecular weight is 868 g/mol. The van der Waals surface area contributed by atoms with Crippen LogP contribution in [0.4, 0.5) is 0 Å². The Kier molecular flexibility index (Phi) is 14.7. The maximum atomic E-state index is 14.8. The number of hydrogen-bond donors (Lipinski definition) is 2. The molecule has 4 fully saturated rings. The van der Waals surface area contributed by atoms with Crippen molar-refractivity contribution in [3.63, 3.8) is 0 Å². The fourth-order valence-corrected chi connectivity index (χ4v) is 11.6. The van der Waals surface area contributed by atoms with Gasteiger partial charge in [-0.05, 0) is 111 Å². The summed E-state index contributed by atoms with van der Waals surface area (Å²) in [5, 5.41) is 40.4. The van der Waals surface area contributed by atoms with E-state index in [1.54, 1.807) is 34.8 Å². The Hall–Kier alpha value is -2.44. The van der Waals surface area contributed by atoms with Crippen LogP contribution in [0.5, 0.6) is 0 Å². The first-order valence-corrected chi connectivity index (χ1v) is 22.1. The van der Waals surface area contributed by atoms with Crippen molar-refractivity contribution in [3.05, 3.63) is 5.21 Å². The molecule has 0 radical (unpaired) electrons. The van der Waals surface area contributed by atoms with Gasteiger partial charge in [0.15, 0.2) is 0 Å². The monoisotopic (exact) mass is 868 g/mol. The zero-order chi connectivity index (χ0) is 46.7. The second-order valence-electron chi connectivity index (χ2n) is 23.5. The van der Waals surface area contributed by atoms with Crippen LogP contribution in [0.3, 0.4) is 0 Å². The lowest BCUT2D eigenvalue weighted by Crippen LogP contribution is -2.61. The summed E-state index contributed by atoms with van der Waals surface area (Å²) in [6.07, 6.45) is -1.50. The minimum atomic E-state index is -1.53. The van der Waals surface area contributed by atoms with Crippen LogP contribution < -0.4 is 0 Å². The molecule has 4 aliphatic heterocycles. The van der Waals surface area contributed by atoms with Crippen LogP contribution in [0.15, 0.2) is 0 Å². The summed E-state index contributed by atoms with van der Waals surface area (Å²) in [7, 11) is 1.60. The van der Waals surface area contributed by atoms with Crippen molar-refractivity contribution in [2.45, 2.75) is 244 Å². The fraction of sp³-hybridized carbons (Fsp3) is 0.911. The van der Waals surface area contributed by atoms with Gasteiger partial charge < -0.3 is 44.5 Å². The Morgan fingerprint density at radius 2 is 0.721 bits per heavy atom. The van der Waals surface area contributed by atoms with Gasteiger partial charge >= 0.3 is 23.9 Å². The van der Waals surface area contributed by atoms with Gasteiger partial charge in [-0.15, -0.1) is 0 Å². The van der Waals surface area contributed by atoms with Crippen LogP contribution in [0, 0.1) is 17.0 Å². The lowest BCUT2D eigenvalue weighted by molar-refractivity contribution is -0.278. The number of piperidine rings is 4. The SMILES string of the molecule is CON1C(C)(C)CC(OC(=O)C(CC(=O)OC2CC(C)(C)N(O)C(C)(C)C2)C(CC(=O)OC2CC(C)(C)N([O-])C(C)(C)C2)C(=O)OC2CC(C)(C)N(O)C(C)(C)C2)CC1(C)C. The van der Waals surface area contributed by atoms with Crippen molar-refractivity contribution in [3.8, 4) is 0 Å². The molecule has 2 unspecified atom stereocenters. The Morgan fingerprint density at radius 3 is 1.00 bits per heavy atom. The standard InChI is InChI=1S/C45H79N4O12/c1-38(2)20-28(21-39(3,4)46(38)54)58-34(50)18-32(36(52)60-30-24-42(9,10)48(56)43(11,12)25-30)33(19-35(51)59-29-22-40(5,6)47(55)41(7,8)23-29)37(53)61-31-26-44(13,14)49(57-17)45(15,16)27-31/h28-33,55-56H,18-27H2,1-17H3/q-1. The second-order valence-corrected chi connectivity index (χ2v) is 23.5. The Morgan fingerprint density at radius 1 is 0.475 bits per heavy atom. The number of esters is 4. The van der Waals surface area contributed by atoms with E-state index in [2.05, 4.69) is 0 Å². The first-order chi connectivity index (χ1) is 27.5.